The van der Waals surface area contributed by atoms with Gasteiger partial charge in [-0.05, 0) is 37.1 Å². The van der Waals surface area contributed by atoms with Crippen molar-refractivity contribution < 1.29 is 36.3 Å². The Hall–Kier alpha value is -3.51. The quantitative estimate of drug-likeness (QED) is 0.602. The van der Waals surface area contributed by atoms with Crippen LogP contribution >= 0.6 is 0 Å². The van der Waals surface area contributed by atoms with Crippen LogP contribution in [-0.4, -0.2) is 58.1 Å². The van der Waals surface area contributed by atoms with Crippen LogP contribution in [0.15, 0.2) is 30.5 Å². The molecule has 0 aromatic carbocycles. The van der Waals surface area contributed by atoms with Gasteiger partial charge in [0.05, 0.1) is 6.54 Å². The second-order valence-corrected chi connectivity index (χ2v) is 7.80. The molecular formula is C21H22F5N5O3. The zero-order valence-electron chi connectivity index (χ0n) is 18.2. The molecule has 1 aliphatic rings. The lowest BCUT2D eigenvalue weighted by atomic mass is 9.98. The first-order valence-corrected chi connectivity index (χ1v) is 10.2. The van der Waals surface area contributed by atoms with Gasteiger partial charge in [0.15, 0.2) is 11.6 Å². The third-order valence-electron chi connectivity index (χ3n) is 5.08. The summed E-state index contributed by atoms with van der Waals surface area (Å²) in [6, 6.07) is 4.50. The van der Waals surface area contributed by atoms with Crippen molar-refractivity contribution in [2.45, 2.75) is 45.0 Å². The molecule has 2 N–H and O–H groups in total. The number of amides is 2. The van der Waals surface area contributed by atoms with Crippen LogP contribution in [0, 0.1) is 6.92 Å². The molecule has 2 amide bonds. The van der Waals surface area contributed by atoms with Crippen LogP contribution in [0.1, 0.15) is 35.8 Å². The molecule has 3 heterocycles. The van der Waals surface area contributed by atoms with Crippen LogP contribution in [0.25, 0.3) is 0 Å². The summed E-state index contributed by atoms with van der Waals surface area (Å²) < 4.78 is 70.2. The lowest BCUT2D eigenvalue weighted by molar-refractivity contribution is -0.274. The molecule has 3 rings (SSSR count). The zero-order chi connectivity index (χ0) is 25.1. The minimum absolute atomic E-state index is 0.000216. The van der Waals surface area contributed by atoms with E-state index in [9.17, 15) is 31.5 Å². The highest BCUT2D eigenvalue weighted by Gasteiger charge is 2.43. The molecular weight excluding hydrogens is 465 g/mol. The van der Waals surface area contributed by atoms with Crippen LogP contribution in [0.4, 0.5) is 33.6 Å². The van der Waals surface area contributed by atoms with E-state index in [-0.39, 0.29) is 36.2 Å². The third kappa shape index (κ3) is 6.51. The Morgan fingerprint density at radius 3 is 2.68 bits per heavy atom. The van der Waals surface area contributed by atoms with E-state index in [2.05, 4.69) is 25.3 Å². The number of hydrogen-bond acceptors (Lipinski definition) is 6. The van der Waals surface area contributed by atoms with Crippen molar-refractivity contribution in [3.63, 3.8) is 0 Å². The number of aryl methyl sites for hydroxylation is 1. The highest BCUT2D eigenvalue weighted by atomic mass is 19.4. The first-order valence-electron chi connectivity index (χ1n) is 10.2. The van der Waals surface area contributed by atoms with Gasteiger partial charge < -0.3 is 20.3 Å². The van der Waals surface area contributed by atoms with Crippen molar-refractivity contribution in [1.29, 1.82) is 0 Å². The van der Waals surface area contributed by atoms with E-state index >= 15 is 0 Å². The van der Waals surface area contributed by atoms with E-state index in [1.54, 1.807) is 6.92 Å². The van der Waals surface area contributed by atoms with Gasteiger partial charge in [0.1, 0.15) is 11.5 Å². The monoisotopic (exact) mass is 487 g/mol. The van der Waals surface area contributed by atoms with Crippen molar-refractivity contribution in [2.24, 2.45) is 0 Å². The smallest absolute Gasteiger partial charge is 0.402 e. The van der Waals surface area contributed by atoms with Gasteiger partial charge >= 0.3 is 6.36 Å². The van der Waals surface area contributed by atoms with Crippen molar-refractivity contribution in [1.82, 2.24) is 20.2 Å². The Morgan fingerprint density at radius 2 is 2.00 bits per heavy atom. The molecule has 8 nitrogen and oxygen atoms in total. The number of carbonyl (C=O) groups excluding carboxylic acids is 2. The third-order valence-corrected chi connectivity index (χ3v) is 5.08. The molecule has 13 heteroatoms. The van der Waals surface area contributed by atoms with E-state index in [0.29, 0.717) is 5.56 Å². The average molecular weight is 487 g/mol. The average Bonchev–Trinajstić information content (AvgIpc) is 2.73. The number of pyridine rings is 2. The summed E-state index contributed by atoms with van der Waals surface area (Å²) in [6.45, 7) is 1.98. The van der Waals surface area contributed by atoms with Gasteiger partial charge in [-0.3, -0.25) is 9.59 Å². The van der Waals surface area contributed by atoms with Crippen molar-refractivity contribution in [3.8, 4) is 5.75 Å². The Balaban J connectivity index is 1.88. The molecule has 34 heavy (non-hydrogen) atoms. The first-order chi connectivity index (χ1) is 15.8. The fourth-order valence-electron chi connectivity index (χ4n) is 3.47. The molecule has 2 aromatic heterocycles. The van der Waals surface area contributed by atoms with Gasteiger partial charge in [-0.2, -0.15) is 0 Å². The van der Waals surface area contributed by atoms with Gasteiger partial charge in [-0.15, -0.1) is 13.2 Å². The summed E-state index contributed by atoms with van der Waals surface area (Å²) in [5.41, 5.74) is 0.209. The molecule has 2 aromatic rings. The van der Waals surface area contributed by atoms with Crippen LogP contribution in [-0.2, 0) is 4.79 Å². The summed E-state index contributed by atoms with van der Waals surface area (Å²) in [6.07, 6.45) is -4.18. The molecule has 1 atom stereocenters. The largest absolute Gasteiger partial charge is 0.573 e. The lowest BCUT2D eigenvalue weighted by Gasteiger charge is -2.39. The number of aromatic nitrogens is 2. The topological polar surface area (TPSA) is 96.5 Å². The normalized spacial score (nSPS) is 17.7. The number of rotatable bonds is 6. The molecule has 0 spiro atoms. The van der Waals surface area contributed by atoms with Gasteiger partial charge in [0.25, 0.3) is 11.8 Å². The van der Waals surface area contributed by atoms with Crippen LogP contribution in [0.5, 0.6) is 5.75 Å². The maximum Gasteiger partial charge on any atom is 0.573 e. The number of anilines is 2. The number of nitrogens with one attached hydrogen (secondary N) is 2. The van der Waals surface area contributed by atoms with E-state index in [0.717, 1.165) is 11.0 Å². The van der Waals surface area contributed by atoms with E-state index in [1.165, 1.54) is 31.3 Å². The minimum atomic E-state index is -4.95. The lowest BCUT2D eigenvalue weighted by Crippen LogP contribution is -2.55. The van der Waals surface area contributed by atoms with Crippen molar-refractivity contribution in [3.05, 3.63) is 41.7 Å². The van der Waals surface area contributed by atoms with E-state index < -0.39 is 42.9 Å². The maximum absolute atomic E-state index is 14.1. The summed E-state index contributed by atoms with van der Waals surface area (Å²) in [7, 11) is 0. The van der Waals surface area contributed by atoms with Crippen molar-refractivity contribution >= 4 is 23.5 Å². The summed E-state index contributed by atoms with van der Waals surface area (Å²) in [5, 5.41) is 5.10. The number of alkyl halides is 5. The first kappa shape index (κ1) is 25.1. The Labute approximate surface area is 191 Å². The Bertz CT molecular complexity index is 1060. The molecule has 1 saturated heterocycles. The van der Waals surface area contributed by atoms with Crippen LogP contribution in [0.3, 0.4) is 0 Å². The molecule has 0 saturated carbocycles. The van der Waals surface area contributed by atoms with Crippen molar-refractivity contribution in [2.75, 3.05) is 18.4 Å². The fourth-order valence-corrected chi connectivity index (χ4v) is 3.47. The fraction of sp³-hybridized carbons (Fsp3) is 0.429. The zero-order valence-corrected chi connectivity index (χ0v) is 18.2. The summed E-state index contributed by atoms with van der Waals surface area (Å²) in [4.78, 5) is 33.4. The predicted octanol–water partition coefficient (Wildman–Crippen LogP) is 3.80. The summed E-state index contributed by atoms with van der Waals surface area (Å²) in [5.74, 6) is -5.22. The second-order valence-electron chi connectivity index (χ2n) is 7.80. The molecule has 184 valence electrons. The number of hydrogen-bond donors (Lipinski definition) is 2. The van der Waals surface area contributed by atoms with Gasteiger partial charge in [-0.1, -0.05) is 6.07 Å². The Kier molecular flexibility index (Phi) is 7.22. The van der Waals surface area contributed by atoms with E-state index in [4.69, 9.17) is 0 Å². The minimum Gasteiger partial charge on any atom is -0.402 e. The number of carbonyl (C=O) groups is 2. The van der Waals surface area contributed by atoms with Gasteiger partial charge in [0.2, 0.25) is 5.91 Å². The standard InChI is InChI=1S/C21H22F5N5O3/c1-12-5-6-16(30-18-15(4-3-9-27-18)34-21(24,25)26)29-17(12)19(33)31-11-20(22,23)8-7-14(31)10-28-13(2)32/h3-6,9,14H,7-8,10-11H2,1-2H3,(H,28,32)(H,27,29,30). The highest BCUT2D eigenvalue weighted by Crippen LogP contribution is 2.32. The number of halogens is 5. The molecule has 0 aliphatic carbocycles. The number of piperidine rings is 1. The predicted molar refractivity (Wildman–Crippen MR) is 111 cm³/mol. The number of nitrogens with zero attached hydrogens (tertiary/aromatic N) is 3. The SMILES string of the molecule is CC(=O)NCC1CCC(F)(F)CN1C(=O)c1nc(Nc2ncccc2OC(F)(F)F)ccc1C. The number of likely N-dealkylation sites (tertiary alicyclic amines) is 1. The van der Waals surface area contributed by atoms with Crippen LogP contribution in [0.2, 0.25) is 0 Å². The van der Waals surface area contributed by atoms with Gasteiger partial charge in [-0.25, -0.2) is 18.7 Å². The molecule has 0 bridgehead atoms. The second kappa shape index (κ2) is 9.77. The molecule has 0 radical (unpaired) electrons. The molecule has 1 unspecified atom stereocenters. The summed E-state index contributed by atoms with van der Waals surface area (Å²) >= 11 is 0. The van der Waals surface area contributed by atoms with Gasteiger partial charge in [0, 0.05) is 32.1 Å². The van der Waals surface area contributed by atoms with E-state index in [1.807, 2.05) is 0 Å². The Morgan fingerprint density at radius 1 is 1.26 bits per heavy atom. The maximum atomic E-state index is 14.1. The molecule has 1 aliphatic heterocycles. The highest BCUT2D eigenvalue weighted by molar-refractivity contribution is 5.94. The van der Waals surface area contributed by atoms with Crippen LogP contribution < -0.4 is 15.4 Å². The molecule has 1 fully saturated rings. The number of ether oxygens (including phenoxy) is 1.